The van der Waals surface area contributed by atoms with Crippen LogP contribution in [0.25, 0.3) is 0 Å². The van der Waals surface area contributed by atoms with E-state index in [0.717, 1.165) is 5.69 Å². The maximum absolute atomic E-state index is 5.98. The molecule has 1 fully saturated rings. The molecule has 0 amide bonds. The molecular formula is C8H12N2S. The van der Waals surface area contributed by atoms with Crippen molar-refractivity contribution < 1.29 is 0 Å². The van der Waals surface area contributed by atoms with Gasteiger partial charge in [0.1, 0.15) is 0 Å². The summed E-state index contributed by atoms with van der Waals surface area (Å²) in [6, 6.07) is 2.14. The van der Waals surface area contributed by atoms with Gasteiger partial charge in [0.2, 0.25) is 0 Å². The van der Waals surface area contributed by atoms with Crippen molar-refractivity contribution >= 4 is 17.0 Å². The summed E-state index contributed by atoms with van der Waals surface area (Å²) in [5, 5.41) is 2.01. The summed E-state index contributed by atoms with van der Waals surface area (Å²) in [5.41, 5.74) is 12.6. The predicted octanol–water partition coefficient (Wildman–Crippen LogP) is 1.74. The Labute approximate surface area is 70.2 Å². The zero-order valence-electron chi connectivity index (χ0n) is 6.29. The largest absolute Gasteiger partial charge is 0.398 e. The second-order valence-corrected chi connectivity index (χ2v) is 4.05. The van der Waals surface area contributed by atoms with Crippen LogP contribution in [0.5, 0.6) is 0 Å². The van der Waals surface area contributed by atoms with Gasteiger partial charge in [-0.05, 0) is 30.2 Å². The fourth-order valence-electron chi connectivity index (χ4n) is 1.27. The number of rotatable bonds is 2. The van der Waals surface area contributed by atoms with Crippen molar-refractivity contribution in [1.29, 1.82) is 0 Å². The van der Waals surface area contributed by atoms with Crippen molar-refractivity contribution in [2.45, 2.75) is 18.9 Å². The molecule has 0 bridgehead atoms. The Morgan fingerprint density at radius 1 is 1.55 bits per heavy atom. The van der Waals surface area contributed by atoms with Crippen LogP contribution in [0.3, 0.4) is 0 Å². The van der Waals surface area contributed by atoms with Gasteiger partial charge in [0, 0.05) is 16.6 Å². The SMILES string of the molecule is Nc1ccsc1C(N)C1CC1. The molecule has 1 heterocycles. The van der Waals surface area contributed by atoms with Gasteiger partial charge in [0.15, 0.2) is 0 Å². The lowest BCUT2D eigenvalue weighted by Gasteiger charge is -2.07. The predicted molar refractivity (Wildman–Crippen MR) is 48.4 cm³/mol. The van der Waals surface area contributed by atoms with Crippen LogP contribution in [0.4, 0.5) is 5.69 Å². The van der Waals surface area contributed by atoms with Crippen molar-refractivity contribution in [3.8, 4) is 0 Å². The van der Waals surface area contributed by atoms with E-state index in [9.17, 15) is 0 Å². The Morgan fingerprint density at radius 2 is 2.27 bits per heavy atom. The maximum atomic E-state index is 5.98. The smallest absolute Gasteiger partial charge is 0.0471 e. The average molecular weight is 168 g/mol. The molecule has 3 heteroatoms. The van der Waals surface area contributed by atoms with Gasteiger partial charge in [-0.2, -0.15) is 0 Å². The molecule has 1 aromatic heterocycles. The number of nitrogen functional groups attached to an aromatic ring is 1. The van der Waals surface area contributed by atoms with Gasteiger partial charge in [-0.15, -0.1) is 11.3 Å². The zero-order valence-corrected chi connectivity index (χ0v) is 7.10. The van der Waals surface area contributed by atoms with E-state index in [1.54, 1.807) is 11.3 Å². The van der Waals surface area contributed by atoms with Crippen molar-refractivity contribution in [2.75, 3.05) is 5.73 Å². The fourth-order valence-corrected chi connectivity index (χ4v) is 2.19. The molecule has 1 unspecified atom stereocenters. The van der Waals surface area contributed by atoms with Gasteiger partial charge in [-0.1, -0.05) is 0 Å². The Kier molecular flexibility index (Phi) is 1.62. The van der Waals surface area contributed by atoms with Crippen LogP contribution in [0, 0.1) is 5.92 Å². The van der Waals surface area contributed by atoms with Crippen LogP contribution in [-0.2, 0) is 0 Å². The molecule has 0 saturated heterocycles. The molecule has 0 radical (unpaired) electrons. The molecule has 1 aromatic rings. The summed E-state index contributed by atoms with van der Waals surface area (Å²) in [4.78, 5) is 1.17. The van der Waals surface area contributed by atoms with E-state index in [0.29, 0.717) is 5.92 Å². The van der Waals surface area contributed by atoms with Crippen LogP contribution in [-0.4, -0.2) is 0 Å². The molecule has 0 aliphatic heterocycles. The number of anilines is 1. The first-order valence-electron chi connectivity index (χ1n) is 3.87. The normalized spacial score (nSPS) is 20.1. The van der Waals surface area contributed by atoms with Gasteiger partial charge < -0.3 is 11.5 Å². The first kappa shape index (κ1) is 7.13. The monoisotopic (exact) mass is 168 g/mol. The van der Waals surface area contributed by atoms with Crippen molar-refractivity contribution in [3.63, 3.8) is 0 Å². The van der Waals surface area contributed by atoms with Crippen LogP contribution in [0.1, 0.15) is 23.8 Å². The first-order chi connectivity index (χ1) is 5.29. The standard InChI is InChI=1S/C8H12N2S/c9-6-3-4-11-8(6)7(10)5-1-2-5/h3-5,7H,1-2,9-10H2. The number of thiophene rings is 1. The van der Waals surface area contributed by atoms with Crippen molar-refractivity contribution in [3.05, 3.63) is 16.3 Å². The Bertz CT molecular complexity index is 252. The van der Waals surface area contributed by atoms with E-state index in [4.69, 9.17) is 11.5 Å². The molecule has 2 rings (SSSR count). The Hall–Kier alpha value is -0.540. The third-order valence-electron chi connectivity index (χ3n) is 2.16. The van der Waals surface area contributed by atoms with Gasteiger partial charge >= 0.3 is 0 Å². The molecular weight excluding hydrogens is 156 g/mol. The molecule has 2 nitrogen and oxygen atoms in total. The van der Waals surface area contributed by atoms with Gasteiger partial charge in [-0.25, -0.2) is 0 Å². The highest BCUT2D eigenvalue weighted by Crippen LogP contribution is 2.42. The van der Waals surface area contributed by atoms with E-state index < -0.39 is 0 Å². The molecule has 1 atom stereocenters. The highest BCUT2D eigenvalue weighted by Gasteiger charge is 2.31. The van der Waals surface area contributed by atoms with Crippen molar-refractivity contribution in [2.24, 2.45) is 11.7 Å². The average Bonchev–Trinajstić information content (AvgIpc) is 2.74. The van der Waals surface area contributed by atoms with Crippen LogP contribution in [0.2, 0.25) is 0 Å². The second kappa shape index (κ2) is 2.50. The number of hydrogen-bond donors (Lipinski definition) is 2. The number of nitrogens with two attached hydrogens (primary N) is 2. The van der Waals surface area contributed by atoms with E-state index in [-0.39, 0.29) is 6.04 Å². The number of hydrogen-bond acceptors (Lipinski definition) is 3. The molecule has 60 valence electrons. The molecule has 1 aliphatic carbocycles. The van der Waals surface area contributed by atoms with Gasteiger partial charge in [0.25, 0.3) is 0 Å². The summed E-state index contributed by atoms with van der Waals surface area (Å²) in [5.74, 6) is 0.705. The summed E-state index contributed by atoms with van der Waals surface area (Å²) < 4.78 is 0. The topological polar surface area (TPSA) is 52.0 Å². The maximum Gasteiger partial charge on any atom is 0.0471 e. The molecule has 1 saturated carbocycles. The quantitative estimate of drug-likeness (QED) is 0.706. The highest BCUT2D eigenvalue weighted by atomic mass is 32.1. The molecule has 11 heavy (non-hydrogen) atoms. The minimum Gasteiger partial charge on any atom is -0.398 e. The van der Waals surface area contributed by atoms with Crippen LogP contribution >= 0.6 is 11.3 Å². The zero-order chi connectivity index (χ0) is 7.84. The minimum atomic E-state index is 0.204. The minimum absolute atomic E-state index is 0.204. The van der Waals surface area contributed by atoms with Crippen LogP contribution < -0.4 is 11.5 Å². The third-order valence-corrected chi connectivity index (χ3v) is 3.19. The Morgan fingerprint density at radius 3 is 2.73 bits per heavy atom. The lowest BCUT2D eigenvalue weighted by Crippen LogP contribution is -2.12. The second-order valence-electron chi connectivity index (χ2n) is 3.10. The molecule has 1 aliphatic rings. The Balaban J connectivity index is 2.20. The first-order valence-corrected chi connectivity index (χ1v) is 4.75. The van der Waals surface area contributed by atoms with Gasteiger partial charge in [-0.3, -0.25) is 0 Å². The summed E-state index contributed by atoms with van der Waals surface area (Å²) >= 11 is 1.68. The van der Waals surface area contributed by atoms with Gasteiger partial charge in [0.05, 0.1) is 0 Å². The third kappa shape index (κ3) is 1.26. The summed E-state index contributed by atoms with van der Waals surface area (Å²) in [6.45, 7) is 0. The van der Waals surface area contributed by atoms with E-state index >= 15 is 0 Å². The lowest BCUT2D eigenvalue weighted by atomic mass is 10.1. The van der Waals surface area contributed by atoms with E-state index in [1.165, 1.54) is 17.7 Å². The highest BCUT2D eigenvalue weighted by molar-refractivity contribution is 7.10. The fraction of sp³-hybridized carbons (Fsp3) is 0.500. The summed E-state index contributed by atoms with van der Waals surface area (Å²) in [6.07, 6.45) is 2.55. The van der Waals surface area contributed by atoms with Crippen LogP contribution in [0.15, 0.2) is 11.4 Å². The van der Waals surface area contributed by atoms with Crippen molar-refractivity contribution in [1.82, 2.24) is 0 Å². The lowest BCUT2D eigenvalue weighted by molar-refractivity contribution is 0.646. The molecule has 0 spiro atoms. The van der Waals surface area contributed by atoms with E-state index in [2.05, 4.69) is 0 Å². The molecule has 0 aromatic carbocycles. The summed E-state index contributed by atoms with van der Waals surface area (Å²) in [7, 11) is 0. The molecule has 4 N–H and O–H groups in total. The van der Waals surface area contributed by atoms with E-state index in [1.807, 2.05) is 11.4 Å².